The molecule has 5 aromatic rings. The van der Waals surface area contributed by atoms with Crippen molar-refractivity contribution >= 4 is 28.0 Å². The molecule has 1 saturated heterocycles. The van der Waals surface area contributed by atoms with Gasteiger partial charge in [-0.05, 0) is 43.3 Å². The maximum absolute atomic E-state index is 13.8. The van der Waals surface area contributed by atoms with Crippen LogP contribution in [0.1, 0.15) is 25.1 Å². The summed E-state index contributed by atoms with van der Waals surface area (Å²) in [5.74, 6) is 0.556. The van der Waals surface area contributed by atoms with Gasteiger partial charge in [-0.3, -0.25) is 4.57 Å². The van der Waals surface area contributed by atoms with E-state index in [0.29, 0.717) is 54.0 Å². The SMILES string of the molecule is Cc1nn(-c2cccc(F)c2)c2ncc(OC3CCN(c4nc5ccccc5n4C(F)F)CC3)cc12. The fourth-order valence-electron chi connectivity index (χ4n) is 4.79. The smallest absolute Gasteiger partial charge is 0.321 e. The molecule has 0 aliphatic carbocycles. The van der Waals surface area contributed by atoms with E-state index in [1.165, 1.54) is 12.1 Å². The minimum absolute atomic E-state index is 0.0801. The Labute approximate surface area is 204 Å². The van der Waals surface area contributed by atoms with Crippen molar-refractivity contribution in [3.8, 4) is 11.4 Å². The van der Waals surface area contributed by atoms with E-state index in [1.807, 2.05) is 17.9 Å². The molecule has 7 nitrogen and oxygen atoms in total. The van der Waals surface area contributed by atoms with Gasteiger partial charge in [0.2, 0.25) is 5.95 Å². The highest BCUT2D eigenvalue weighted by molar-refractivity contribution is 5.81. The number of pyridine rings is 1. The average molecular weight is 493 g/mol. The third-order valence-electron chi connectivity index (χ3n) is 6.53. The summed E-state index contributed by atoms with van der Waals surface area (Å²) in [5.41, 5.74) is 2.95. The van der Waals surface area contributed by atoms with Crippen LogP contribution in [0, 0.1) is 12.7 Å². The standard InChI is InChI=1S/C26H23F3N6O/c1-16-21-14-20(15-30-24(21)35(32-16)18-6-4-5-17(27)13-18)36-19-9-11-33(12-10-19)26-31-22-7-2-3-8-23(22)34(26)25(28)29/h2-8,13-15,19,25H,9-12H2,1H3. The van der Waals surface area contributed by atoms with E-state index < -0.39 is 6.55 Å². The lowest BCUT2D eigenvalue weighted by Crippen LogP contribution is -2.39. The number of benzene rings is 2. The van der Waals surface area contributed by atoms with Gasteiger partial charge in [-0.15, -0.1) is 0 Å². The van der Waals surface area contributed by atoms with Crippen molar-refractivity contribution in [2.24, 2.45) is 0 Å². The first kappa shape index (κ1) is 22.4. The van der Waals surface area contributed by atoms with Crippen molar-refractivity contribution in [3.63, 3.8) is 0 Å². The first-order valence-corrected chi connectivity index (χ1v) is 11.8. The number of nitrogens with zero attached hydrogens (tertiary/aromatic N) is 6. The molecule has 0 bridgehead atoms. The number of para-hydroxylation sites is 2. The number of halogens is 3. The van der Waals surface area contributed by atoms with E-state index in [-0.39, 0.29) is 17.9 Å². The summed E-state index contributed by atoms with van der Waals surface area (Å²) >= 11 is 0. The van der Waals surface area contributed by atoms with Crippen LogP contribution in [0.25, 0.3) is 27.8 Å². The van der Waals surface area contributed by atoms with Crippen LogP contribution in [0.2, 0.25) is 0 Å². The second-order valence-electron chi connectivity index (χ2n) is 8.87. The van der Waals surface area contributed by atoms with Crippen LogP contribution < -0.4 is 9.64 Å². The number of piperidine rings is 1. The molecule has 0 radical (unpaired) electrons. The second kappa shape index (κ2) is 8.85. The minimum atomic E-state index is -2.67. The molecule has 6 rings (SSSR count). The highest BCUT2D eigenvalue weighted by atomic mass is 19.3. The topological polar surface area (TPSA) is 61.0 Å². The zero-order valence-corrected chi connectivity index (χ0v) is 19.5. The van der Waals surface area contributed by atoms with Crippen molar-refractivity contribution in [1.82, 2.24) is 24.3 Å². The van der Waals surface area contributed by atoms with Crippen molar-refractivity contribution < 1.29 is 17.9 Å². The summed E-state index contributed by atoms with van der Waals surface area (Å²) in [6, 6.07) is 15.0. The maximum Gasteiger partial charge on any atom is 0.321 e. The van der Waals surface area contributed by atoms with Gasteiger partial charge in [0.25, 0.3) is 0 Å². The molecule has 0 unspecified atom stereocenters. The van der Waals surface area contributed by atoms with Gasteiger partial charge in [-0.1, -0.05) is 18.2 Å². The predicted molar refractivity (Wildman–Crippen MR) is 130 cm³/mol. The number of ether oxygens (including phenoxy) is 1. The van der Waals surface area contributed by atoms with Gasteiger partial charge in [0, 0.05) is 31.3 Å². The van der Waals surface area contributed by atoms with Gasteiger partial charge in [0.1, 0.15) is 17.7 Å². The highest BCUT2D eigenvalue weighted by Crippen LogP contribution is 2.31. The average Bonchev–Trinajstić information content (AvgIpc) is 3.43. The first-order valence-electron chi connectivity index (χ1n) is 11.8. The summed E-state index contributed by atoms with van der Waals surface area (Å²) in [6.45, 7) is 0.299. The minimum Gasteiger partial charge on any atom is -0.489 e. The van der Waals surface area contributed by atoms with Crippen LogP contribution in [0.5, 0.6) is 5.75 Å². The molecule has 1 aliphatic rings. The highest BCUT2D eigenvalue weighted by Gasteiger charge is 2.27. The van der Waals surface area contributed by atoms with E-state index in [9.17, 15) is 13.2 Å². The zero-order valence-electron chi connectivity index (χ0n) is 19.5. The van der Waals surface area contributed by atoms with E-state index in [0.717, 1.165) is 15.6 Å². The summed E-state index contributed by atoms with van der Waals surface area (Å²) in [6.07, 6.45) is 2.88. The number of rotatable bonds is 5. The summed E-state index contributed by atoms with van der Waals surface area (Å²) < 4.78 is 50.2. The fourth-order valence-corrected chi connectivity index (χ4v) is 4.79. The molecule has 3 aromatic heterocycles. The zero-order chi connectivity index (χ0) is 24.8. The molecule has 1 aliphatic heterocycles. The molecule has 0 N–H and O–H groups in total. The summed E-state index contributed by atoms with van der Waals surface area (Å²) in [7, 11) is 0. The third-order valence-corrected chi connectivity index (χ3v) is 6.53. The molecule has 36 heavy (non-hydrogen) atoms. The van der Waals surface area contributed by atoms with Crippen molar-refractivity contribution in [3.05, 3.63) is 72.3 Å². The first-order chi connectivity index (χ1) is 17.5. The van der Waals surface area contributed by atoms with Crippen LogP contribution >= 0.6 is 0 Å². The van der Waals surface area contributed by atoms with Crippen LogP contribution in [0.15, 0.2) is 60.8 Å². The van der Waals surface area contributed by atoms with Crippen LogP contribution in [-0.4, -0.2) is 43.5 Å². The lowest BCUT2D eigenvalue weighted by molar-refractivity contribution is 0.0752. The molecule has 0 saturated carbocycles. The quantitative estimate of drug-likeness (QED) is 0.317. The molecule has 0 atom stereocenters. The van der Waals surface area contributed by atoms with Gasteiger partial charge < -0.3 is 9.64 Å². The van der Waals surface area contributed by atoms with Crippen molar-refractivity contribution in [2.75, 3.05) is 18.0 Å². The van der Waals surface area contributed by atoms with Crippen molar-refractivity contribution in [1.29, 1.82) is 0 Å². The van der Waals surface area contributed by atoms with E-state index in [1.54, 1.807) is 47.3 Å². The Kier molecular flexibility index (Phi) is 5.50. The summed E-state index contributed by atoms with van der Waals surface area (Å²) in [4.78, 5) is 10.9. The number of alkyl halides is 2. The number of anilines is 1. The molecular formula is C26H23F3N6O. The number of aromatic nitrogens is 5. The molecule has 2 aromatic carbocycles. The van der Waals surface area contributed by atoms with Gasteiger partial charge in [-0.25, -0.2) is 19.0 Å². The molecular weight excluding hydrogens is 469 g/mol. The maximum atomic E-state index is 13.8. The molecule has 0 amide bonds. The van der Waals surface area contributed by atoms with Gasteiger partial charge in [0.05, 0.1) is 28.6 Å². The Hall–Kier alpha value is -4.08. The van der Waals surface area contributed by atoms with E-state index in [4.69, 9.17) is 4.74 Å². The van der Waals surface area contributed by atoms with Gasteiger partial charge in [0.15, 0.2) is 5.65 Å². The lowest BCUT2D eigenvalue weighted by atomic mass is 10.1. The number of aryl methyl sites for hydroxylation is 1. The Balaban J connectivity index is 1.19. The molecule has 10 heteroatoms. The molecule has 184 valence electrons. The fraction of sp³-hybridized carbons (Fsp3) is 0.269. The Bertz CT molecular complexity index is 1550. The second-order valence-corrected chi connectivity index (χ2v) is 8.87. The third kappa shape index (κ3) is 3.92. The van der Waals surface area contributed by atoms with Crippen LogP contribution in [0.3, 0.4) is 0 Å². The lowest BCUT2D eigenvalue weighted by Gasteiger charge is -2.33. The van der Waals surface area contributed by atoms with Gasteiger partial charge >= 0.3 is 6.55 Å². The molecule has 4 heterocycles. The summed E-state index contributed by atoms with van der Waals surface area (Å²) in [5, 5.41) is 5.35. The van der Waals surface area contributed by atoms with Crippen LogP contribution in [0.4, 0.5) is 19.1 Å². The monoisotopic (exact) mass is 492 g/mol. The molecule has 0 spiro atoms. The number of hydrogen-bond acceptors (Lipinski definition) is 5. The Morgan fingerprint density at radius 2 is 1.83 bits per heavy atom. The molecule has 1 fully saturated rings. The van der Waals surface area contributed by atoms with E-state index >= 15 is 0 Å². The normalized spacial score (nSPS) is 14.9. The largest absolute Gasteiger partial charge is 0.489 e. The number of imidazole rings is 1. The van der Waals surface area contributed by atoms with Gasteiger partial charge in [-0.2, -0.15) is 13.9 Å². The van der Waals surface area contributed by atoms with Crippen molar-refractivity contribution in [2.45, 2.75) is 32.4 Å². The Morgan fingerprint density at radius 3 is 2.61 bits per heavy atom. The van der Waals surface area contributed by atoms with E-state index in [2.05, 4.69) is 15.1 Å². The predicted octanol–water partition coefficient (Wildman–Crippen LogP) is 5.66. The number of fused-ring (bicyclic) bond motifs is 2. The number of hydrogen-bond donors (Lipinski definition) is 0. The van der Waals surface area contributed by atoms with Crippen LogP contribution in [-0.2, 0) is 0 Å². The Morgan fingerprint density at radius 1 is 1.03 bits per heavy atom.